The van der Waals surface area contributed by atoms with Crippen molar-refractivity contribution in [1.82, 2.24) is 4.90 Å². The number of hydrogen-bond donors (Lipinski definition) is 1. The van der Waals surface area contributed by atoms with Crippen LogP contribution in [0.2, 0.25) is 0 Å². The fraction of sp³-hybridized carbons (Fsp3) is 0.467. The van der Waals surface area contributed by atoms with Crippen LogP contribution in [0.25, 0.3) is 0 Å². The van der Waals surface area contributed by atoms with E-state index in [0.717, 1.165) is 11.1 Å². The van der Waals surface area contributed by atoms with Gasteiger partial charge in [-0.2, -0.15) is 0 Å². The van der Waals surface area contributed by atoms with Gasteiger partial charge in [-0.1, -0.05) is 36.5 Å². The molecule has 5 heteroatoms. The Bertz CT molecular complexity index is 491. The highest BCUT2D eigenvalue weighted by atomic mass is 32.1. The van der Waals surface area contributed by atoms with Crippen LogP contribution in [0.1, 0.15) is 25.0 Å². The van der Waals surface area contributed by atoms with Crippen molar-refractivity contribution < 1.29 is 9.53 Å². The number of thiocarbonyl (C=S) groups is 1. The van der Waals surface area contributed by atoms with Crippen molar-refractivity contribution in [2.24, 2.45) is 5.73 Å². The number of ether oxygens (including phenoxy) is 1. The van der Waals surface area contributed by atoms with Crippen LogP contribution in [-0.4, -0.2) is 41.1 Å². The van der Waals surface area contributed by atoms with Crippen LogP contribution in [0.5, 0.6) is 0 Å². The topological polar surface area (TPSA) is 55.6 Å². The van der Waals surface area contributed by atoms with E-state index in [0.29, 0.717) is 24.5 Å². The van der Waals surface area contributed by atoms with E-state index in [4.69, 9.17) is 22.7 Å². The van der Waals surface area contributed by atoms with Crippen LogP contribution in [0.3, 0.4) is 0 Å². The first-order valence-corrected chi connectivity index (χ1v) is 7.18. The number of nitrogens with two attached hydrogens (primary N) is 1. The minimum Gasteiger partial charge on any atom is -0.389 e. The quantitative estimate of drug-likeness (QED) is 0.858. The Hall–Kier alpha value is -1.46. The molecule has 2 rings (SSSR count). The van der Waals surface area contributed by atoms with E-state index in [2.05, 4.69) is 0 Å². The predicted molar refractivity (Wildman–Crippen MR) is 82.6 cm³/mol. The Kier molecular flexibility index (Phi) is 4.73. The third-order valence-corrected chi connectivity index (χ3v) is 3.60. The van der Waals surface area contributed by atoms with Gasteiger partial charge in [-0.25, -0.2) is 0 Å². The molecule has 2 N–H and O–H groups in total. The number of amides is 1. The van der Waals surface area contributed by atoms with Crippen molar-refractivity contribution >= 4 is 23.1 Å². The van der Waals surface area contributed by atoms with Gasteiger partial charge >= 0.3 is 0 Å². The summed E-state index contributed by atoms with van der Waals surface area (Å²) in [6.45, 7) is 5.31. The first-order valence-electron chi connectivity index (χ1n) is 6.77. The second-order valence-corrected chi connectivity index (χ2v) is 5.73. The zero-order valence-electron chi connectivity index (χ0n) is 11.8. The van der Waals surface area contributed by atoms with Crippen LogP contribution in [0.4, 0.5) is 0 Å². The maximum Gasteiger partial charge on any atom is 0.227 e. The van der Waals surface area contributed by atoms with Gasteiger partial charge in [-0.15, -0.1) is 0 Å². The molecule has 108 valence electrons. The molecule has 1 fully saturated rings. The van der Waals surface area contributed by atoms with Crippen molar-refractivity contribution in [3.05, 3.63) is 35.4 Å². The van der Waals surface area contributed by atoms with Crippen molar-refractivity contribution in [2.45, 2.75) is 32.5 Å². The zero-order valence-corrected chi connectivity index (χ0v) is 12.7. The van der Waals surface area contributed by atoms with Gasteiger partial charge in [-0.05, 0) is 19.4 Å². The van der Waals surface area contributed by atoms with Crippen molar-refractivity contribution in [2.75, 3.05) is 13.1 Å². The molecule has 1 aromatic carbocycles. The largest absolute Gasteiger partial charge is 0.389 e. The van der Waals surface area contributed by atoms with Crippen molar-refractivity contribution in [3.63, 3.8) is 0 Å². The predicted octanol–water partition coefficient (Wildman–Crippen LogP) is 1.50. The molecule has 1 saturated heterocycles. The normalized spacial score (nSPS) is 22.6. The first-order chi connectivity index (χ1) is 9.45. The second kappa shape index (κ2) is 6.33. The van der Waals surface area contributed by atoms with Gasteiger partial charge in [0.1, 0.15) is 4.99 Å². The fourth-order valence-electron chi connectivity index (χ4n) is 2.45. The number of morpholine rings is 1. The van der Waals surface area contributed by atoms with Crippen molar-refractivity contribution in [3.8, 4) is 0 Å². The van der Waals surface area contributed by atoms with Crippen LogP contribution >= 0.6 is 12.2 Å². The summed E-state index contributed by atoms with van der Waals surface area (Å²) in [5.41, 5.74) is 7.35. The third-order valence-electron chi connectivity index (χ3n) is 3.37. The van der Waals surface area contributed by atoms with E-state index < -0.39 is 0 Å². The highest BCUT2D eigenvalue weighted by molar-refractivity contribution is 7.80. The van der Waals surface area contributed by atoms with Gasteiger partial charge in [0.05, 0.1) is 18.6 Å². The molecule has 2 atom stereocenters. The molecule has 1 aliphatic heterocycles. The maximum atomic E-state index is 12.3. The Morgan fingerprint density at radius 1 is 1.30 bits per heavy atom. The summed E-state index contributed by atoms with van der Waals surface area (Å²) in [5.74, 6) is 0.134. The number of hydrogen-bond acceptors (Lipinski definition) is 3. The summed E-state index contributed by atoms with van der Waals surface area (Å²) in [7, 11) is 0. The van der Waals surface area contributed by atoms with E-state index in [-0.39, 0.29) is 18.1 Å². The van der Waals surface area contributed by atoms with E-state index in [1.165, 1.54) is 0 Å². The van der Waals surface area contributed by atoms with Gasteiger partial charge in [0, 0.05) is 18.7 Å². The van der Waals surface area contributed by atoms with Gasteiger partial charge in [0.2, 0.25) is 5.91 Å². The number of carbonyl (C=O) groups is 1. The average Bonchev–Trinajstić information content (AvgIpc) is 2.38. The zero-order chi connectivity index (χ0) is 14.7. The van der Waals surface area contributed by atoms with Crippen LogP contribution < -0.4 is 5.73 Å². The van der Waals surface area contributed by atoms with E-state index in [1.54, 1.807) is 0 Å². The molecule has 0 saturated carbocycles. The molecule has 0 aliphatic carbocycles. The van der Waals surface area contributed by atoms with E-state index in [9.17, 15) is 4.79 Å². The van der Waals surface area contributed by atoms with Gasteiger partial charge in [0.15, 0.2) is 0 Å². The first kappa shape index (κ1) is 14.9. The fourth-order valence-corrected chi connectivity index (χ4v) is 2.59. The lowest BCUT2D eigenvalue weighted by Gasteiger charge is -2.35. The lowest BCUT2D eigenvalue weighted by molar-refractivity contribution is -0.142. The molecule has 1 aliphatic rings. The molecule has 0 spiro atoms. The summed E-state index contributed by atoms with van der Waals surface area (Å²) in [4.78, 5) is 14.5. The van der Waals surface area contributed by atoms with Crippen LogP contribution in [0.15, 0.2) is 24.3 Å². The molecular formula is C15H20N2O2S. The molecule has 1 aromatic rings. The standard InChI is InChI=1S/C15H20N2O2S/c1-10-8-17(9-11(2)19-10)14(18)7-12-3-5-13(6-4-12)15(16)20/h3-6,10-11H,7-9H2,1-2H3,(H2,16,20). The monoisotopic (exact) mass is 292 g/mol. The third kappa shape index (κ3) is 3.77. The average molecular weight is 292 g/mol. The summed E-state index contributed by atoms with van der Waals surface area (Å²) in [6.07, 6.45) is 0.594. The lowest BCUT2D eigenvalue weighted by atomic mass is 10.1. The lowest BCUT2D eigenvalue weighted by Crippen LogP contribution is -2.48. The van der Waals surface area contributed by atoms with Crippen LogP contribution in [0, 0.1) is 0 Å². The number of rotatable bonds is 3. The molecule has 0 aromatic heterocycles. The van der Waals surface area contributed by atoms with E-state index in [1.807, 2.05) is 43.0 Å². The smallest absolute Gasteiger partial charge is 0.227 e. The molecule has 2 unspecified atom stereocenters. The number of benzene rings is 1. The second-order valence-electron chi connectivity index (χ2n) is 5.29. The minimum absolute atomic E-state index is 0.0969. The molecule has 1 heterocycles. The molecular weight excluding hydrogens is 272 g/mol. The maximum absolute atomic E-state index is 12.3. The van der Waals surface area contributed by atoms with Gasteiger partial charge in [-0.3, -0.25) is 4.79 Å². The highest BCUT2D eigenvalue weighted by Crippen LogP contribution is 2.13. The summed E-state index contributed by atoms with van der Waals surface area (Å²) in [6, 6.07) is 7.52. The number of nitrogens with zero attached hydrogens (tertiary/aromatic N) is 1. The Balaban J connectivity index is 1.98. The summed E-state index contributed by atoms with van der Waals surface area (Å²) in [5, 5.41) is 0. The van der Waals surface area contributed by atoms with Crippen LogP contribution in [-0.2, 0) is 16.0 Å². The Labute approximate surface area is 124 Å². The minimum atomic E-state index is 0.0969. The summed E-state index contributed by atoms with van der Waals surface area (Å²) >= 11 is 4.91. The van der Waals surface area contributed by atoms with Gasteiger partial charge in [0.25, 0.3) is 0 Å². The molecule has 1 amide bonds. The number of carbonyl (C=O) groups excluding carboxylic acids is 1. The summed E-state index contributed by atoms with van der Waals surface area (Å²) < 4.78 is 5.64. The molecule has 4 nitrogen and oxygen atoms in total. The Morgan fingerprint density at radius 3 is 2.35 bits per heavy atom. The van der Waals surface area contributed by atoms with Gasteiger partial charge < -0.3 is 15.4 Å². The molecule has 0 radical (unpaired) electrons. The Morgan fingerprint density at radius 2 is 1.85 bits per heavy atom. The van der Waals surface area contributed by atoms with Crippen molar-refractivity contribution in [1.29, 1.82) is 0 Å². The highest BCUT2D eigenvalue weighted by Gasteiger charge is 2.25. The molecule has 20 heavy (non-hydrogen) atoms. The molecule has 0 bridgehead atoms. The SMILES string of the molecule is CC1CN(C(=O)Cc2ccc(C(N)=S)cc2)CC(C)O1. The van der Waals surface area contributed by atoms with E-state index >= 15 is 0 Å².